The van der Waals surface area contributed by atoms with E-state index in [-0.39, 0.29) is 12.0 Å². The highest BCUT2D eigenvalue weighted by Gasteiger charge is 2.16. The molecule has 0 aliphatic carbocycles. The van der Waals surface area contributed by atoms with Gasteiger partial charge in [0.25, 0.3) is 0 Å². The van der Waals surface area contributed by atoms with Crippen molar-refractivity contribution in [3.63, 3.8) is 0 Å². The largest absolute Gasteiger partial charge is 0.496 e. The first-order valence-corrected chi connectivity index (χ1v) is 8.42. The Kier molecular flexibility index (Phi) is 4.50. The van der Waals surface area contributed by atoms with Crippen LogP contribution in [0.1, 0.15) is 11.3 Å². The van der Waals surface area contributed by atoms with E-state index in [1.807, 2.05) is 28.7 Å². The Morgan fingerprint density at radius 2 is 1.81 bits per heavy atom. The predicted molar refractivity (Wildman–Crippen MR) is 96.5 cm³/mol. The number of methoxy groups -OCH3 is 1. The fourth-order valence-electron chi connectivity index (χ4n) is 3.18. The van der Waals surface area contributed by atoms with Gasteiger partial charge in [-0.05, 0) is 54.8 Å². The minimum atomic E-state index is -0.881. The van der Waals surface area contributed by atoms with Gasteiger partial charge in [0, 0.05) is 29.2 Å². The lowest BCUT2D eigenvalue weighted by molar-refractivity contribution is 0.397. The number of pyridine rings is 2. The van der Waals surface area contributed by atoms with Crippen LogP contribution >= 0.6 is 0 Å². The summed E-state index contributed by atoms with van der Waals surface area (Å²) < 4.78 is 34.8. The molecule has 27 heavy (non-hydrogen) atoms. The number of benzene rings is 1. The standard InChI is InChI=1S/C20H16F2N4O/c1-27-18-7-6-17(21)19(22)16(18)5-3-14-2-4-15(13-8-10-23-11-9-13)20-25-24-12-26(14)20/h2,4,6-12H,3,5H2,1H3. The molecule has 0 bridgehead atoms. The summed E-state index contributed by atoms with van der Waals surface area (Å²) in [5.74, 6) is -1.42. The second-order valence-electron chi connectivity index (χ2n) is 6.04. The lowest BCUT2D eigenvalue weighted by Gasteiger charge is -2.12. The summed E-state index contributed by atoms with van der Waals surface area (Å²) >= 11 is 0. The molecule has 1 aromatic carbocycles. The van der Waals surface area contributed by atoms with E-state index in [1.165, 1.54) is 13.2 Å². The highest BCUT2D eigenvalue weighted by molar-refractivity contribution is 5.77. The van der Waals surface area contributed by atoms with Gasteiger partial charge in [-0.3, -0.25) is 9.38 Å². The zero-order chi connectivity index (χ0) is 18.8. The van der Waals surface area contributed by atoms with Crippen LogP contribution in [0.15, 0.2) is 55.1 Å². The third-order valence-corrected chi connectivity index (χ3v) is 4.54. The van der Waals surface area contributed by atoms with E-state index in [2.05, 4.69) is 15.2 Å². The molecule has 0 amide bonds. The molecule has 4 rings (SSSR count). The van der Waals surface area contributed by atoms with Crippen molar-refractivity contribution in [1.29, 1.82) is 0 Å². The van der Waals surface area contributed by atoms with E-state index in [9.17, 15) is 8.78 Å². The molecule has 0 atom stereocenters. The molecule has 0 saturated carbocycles. The van der Waals surface area contributed by atoms with E-state index in [1.54, 1.807) is 18.7 Å². The van der Waals surface area contributed by atoms with Crippen LogP contribution in [-0.2, 0) is 12.8 Å². The van der Waals surface area contributed by atoms with Crippen LogP contribution in [0.5, 0.6) is 5.75 Å². The van der Waals surface area contributed by atoms with Crippen molar-refractivity contribution in [2.24, 2.45) is 0 Å². The van der Waals surface area contributed by atoms with Crippen molar-refractivity contribution in [3.8, 4) is 16.9 Å². The molecule has 4 aromatic rings. The van der Waals surface area contributed by atoms with Crippen LogP contribution < -0.4 is 4.74 Å². The number of hydrogen-bond acceptors (Lipinski definition) is 4. The number of rotatable bonds is 5. The third-order valence-electron chi connectivity index (χ3n) is 4.54. The van der Waals surface area contributed by atoms with Crippen molar-refractivity contribution in [3.05, 3.63) is 78.0 Å². The lowest BCUT2D eigenvalue weighted by Crippen LogP contribution is -2.04. The summed E-state index contributed by atoms with van der Waals surface area (Å²) in [6.45, 7) is 0. The molecular formula is C20H16F2N4O. The number of aryl methyl sites for hydroxylation is 1. The van der Waals surface area contributed by atoms with Gasteiger partial charge in [-0.1, -0.05) is 0 Å². The molecule has 0 unspecified atom stereocenters. The maximum absolute atomic E-state index is 14.2. The first kappa shape index (κ1) is 17.1. The molecule has 0 saturated heterocycles. The summed E-state index contributed by atoms with van der Waals surface area (Å²) in [5.41, 5.74) is 3.71. The molecule has 3 heterocycles. The van der Waals surface area contributed by atoms with Crippen LogP contribution in [0.4, 0.5) is 8.78 Å². The summed E-state index contributed by atoms with van der Waals surface area (Å²) in [6.07, 6.45) is 5.81. The Morgan fingerprint density at radius 1 is 1.00 bits per heavy atom. The first-order valence-electron chi connectivity index (χ1n) is 8.42. The highest BCUT2D eigenvalue weighted by Crippen LogP contribution is 2.27. The van der Waals surface area contributed by atoms with Gasteiger partial charge in [-0.2, -0.15) is 0 Å². The Balaban J connectivity index is 1.69. The van der Waals surface area contributed by atoms with Crippen LogP contribution in [0.25, 0.3) is 16.8 Å². The molecule has 0 fully saturated rings. The molecule has 7 heteroatoms. The predicted octanol–water partition coefficient (Wildman–Crippen LogP) is 3.86. The molecule has 0 spiro atoms. The normalized spacial score (nSPS) is 11.1. The molecule has 0 radical (unpaired) electrons. The van der Waals surface area contributed by atoms with Crippen LogP contribution in [-0.4, -0.2) is 26.7 Å². The van der Waals surface area contributed by atoms with Crippen molar-refractivity contribution in [2.45, 2.75) is 12.8 Å². The molecule has 3 aromatic heterocycles. The maximum Gasteiger partial charge on any atom is 0.168 e. The number of aromatic nitrogens is 4. The van der Waals surface area contributed by atoms with E-state index in [0.29, 0.717) is 17.8 Å². The van der Waals surface area contributed by atoms with Crippen LogP contribution in [0, 0.1) is 11.6 Å². The van der Waals surface area contributed by atoms with Gasteiger partial charge < -0.3 is 4.74 Å². The Hall–Kier alpha value is -3.35. The van der Waals surface area contributed by atoms with Gasteiger partial charge >= 0.3 is 0 Å². The fraction of sp³-hybridized carbons (Fsp3) is 0.150. The minimum absolute atomic E-state index is 0.219. The summed E-state index contributed by atoms with van der Waals surface area (Å²) in [6, 6.07) is 10.2. The number of hydrogen-bond donors (Lipinski definition) is 0. The Bertz CT molecular complexity index is 1100. The maximum atomic E-state index is 14.2. The zero-order valence-electron chi connectivity index (χ0n) is 14.6. The van der Waals surface area contributed by atoms with E-state index >= 15 is 0 Å². The molecular weight excluding hydrogens is 350 g/mol. The van der Waals surface area contributed by atoms with E-state index < -0.39 is 11.6 Å². The second kappa shape index (κ2) is 7.11. The van der Waals surface area contributed by atoms with Crippen LogP contribution in [0.3, 0.4) is 0 Å². The van der Waals surface area contributed by atoms with Crippen molar-refractivity contribution in [2.75, 3.05) is 7.11 Å². The van der Waals surface area contributed by atoms with E-state index in [0.717, 1.165) is 22.9 Å². The summed E-state index contributed by atoms with van der Waals surface area (Å²) in [4.78, 5) is 4.03. The SMILES string of the molecule is COc1ccc(F)c(F)c1CCc1ccc(-c2ccncc2)c2nncn12. The number of nitrogens with zero attached hydrogens (tertiary/aromatic N) is 4. The van der Waals surface area contributed by atoms with Crippen molar-refractivity contribution in [1.82, 2.24) is 19.6 Å². The van der Waals surface area contributed by atoms with Crippen LogP contribution in [0.2, 0.25) is 0 Å². The first-order chi connectivity index (χ1) is 13.2. The fourth-order valence-corrected chi connectivity index (χ4v) is 3.18. The molecule has 0 aliphatic heterocycles. The Morgan fingerprint density at radius 3 is 2.59 bits per heavy atom. The average Bonchev–Trinajstić information content (AvgIpc) is 3.19. The summed E-state index contributed by atoms with van der Waals surface area (Å²) in [5, 5.41) is 8.22. The minimum Gasteiger partial charge on any atom is -0.496 e. The second-order valence-corrected chi connectivity index (χ2v) is 6.04. The Labute approximate surface area is 154 Å². The van der Waals surface area contributed by atoms with E-state index in [4.69, 9.17) is 4.74 Å². The molecule has 136 valence electrons. The quantitative estimate of drug-likeness (QED) is 0.538. The van der Waals surface area contributed by atoms with Gasteiger partial charge in [0.1, 0.15) is 12.1 Å². The van der Waals surface area contributed by atoms with Gasteiger partial charge in [0.15, 0.2) is 17.3 Å². The highest BCUT2D eigenvalue weighted by atomic mass is 19.2. The van der Waals surface area contributed by atoms with Gasteiger partial charge in [-0.15, -0.1) is 10.2 Å². The molecule has 5 nitrogen and oxygen atoms in total. The molecule has 0 N–H and O–H groups in total. The topological polar surface area (TPSA) is 52.3 Å². The smallest absolute Gasteiger partial charge is 0.168 e. The van der Waals surface area contributed by atoms with Gasteiger partial charge in [0.05, 0.1) is 7.11 Å². The van der Waals surface area contributed by atoms with Crippen molar-refractivity contribution >= 4 is 5.65 Å². The summed E-state index contributed by atoms with van der Waals surface area (Å²) in [7, 11) is 1.44. The van der Waals surface area contributed by atoms with Crippen molar-refractivity contribution < 1.29 is 13.5 Å². The molecule has 0 aliphatic rings. The zero-order valence-corrected chi connectivity index (χ0v) is 14.6. The third kappa shape index (κ3) is 3.12. The average molecular weight is 366 g/mol. The number of halogens is 2. The van der Waals surface area contributed by atoms with Gasteiger partial charge in [0.2, 0.25) is 0 Å². The number of ether oxygens (including phenoxy) is 1. The monoisotopic (exact) mass is 366 g/mol. The number of fused-ring (bicyclic) bond motifs is 1. The van der Waals surface area contributed by atoms with Gasteiger partial charge in [-0.25, -0.2) is 8.78 Å². The lowest BCUT2D eigenvalue weighted by atomic mass is 10.0.